The third kappa shape index (κ3) is 4.84. The van der Waals surface area contributed by atoms with E-state index < -0.39 is 22.4 Å². The minimum Gasteiger partial charge on any atom is -0.481 e. The van der Waals surface area contributed by atoms with Gasteiger partial charge in [0.2, 0.25) is 5.75 Å². The normalized spacial score (nSPS) is 14.4. The molecule has 0 spiro atoms. The molecule has 172 valence electrons. The van der Waals surface area contributed by atoms with E-state index in [0.29, 0.717) is 21.3 Å². The summed E-state index contributed by atoms with van der Waals surface area (Å²) in [5.74, 6) is -1.49. The van der Waals surface area contributed by atoms with Crippen LogP contribution >= 0.6 is 34.8 Å². The van der Waals surface area contributed by atoms with Crippen molar-refractivity contribution in [1.29, 1.82) is 0 Å². The van der Waals surface area contributed by atoms with E-state index in [1.807, 2.05) is 0 Å². The smallest absolute Gasteiger partial charge is 0.313 e. The Hall–Kier alpha value is -3.59. The molecule has 4 rings (SSSR count). The van der Waals surface area contributed by atoms with Gasteiger partial charge in [0.25, 0.3) is 11.8 Å². The lowest BCUT2D eigenvalue weighted by Gasteiger charge is -2.14. The fourth-order valence-corrected chi connectivity index (χ4v) is 3.94. The van der Waals surface area contributed by atoms with Gasteiger partial charge >= 0.3 is 5.69 Å². The Morgan fingerprint density at radius 3 is 2.41 bits per heavy atom. The maximum Gasteiger partial charge on any atom is 0.313 e. The van der Waals surface area contributed by atoms with Gasteiger partial charge in [-0.2, -0.15) is 0 Å². The first-order valence-electron chi connectivity index (χ1n) is 9.71. The number of carbonyl (C=O) groups excluding carboxylic acids is 2. The summed E-state index contributed by atoms with van der Waals surface area (Å²) in [5, 5.41) is 13.5. The van der Waals surface area contributed by atoms with Crippen molar-refractivity contribution >= 4 is 64.1 Å². The summed E-state index contributed by atoms with van der Waals surface area (Å²) >= 11 is 18.2. The summed E-state index contributed by atoms with van der Waals surface area (Å²) in [4.78, 5) is 36.5. The van der Waals surface area contributed by atoms with Crippen molar-refractivity contribution in [2.24, 2.45) is 0 Å². The quantitative estimate of drug-likeness (QED) is 0.198. The molecule has 0 aliphatic carbocycles. The van der Waals surface area contributed by atoms with E-state index in [-0.39, 0.29) is 28.5 Å². The highest BCUT2D eigenvalue weighted by molar-refractivity contribution is 6.35. The van der Waals surface area contributed by atoms with Gasteiger partial charge in [-0.1, -0.05) is 59.1 Å². The lowest BCUT2D eigenvalue weighted by molar-refractivity contribution is -0.385. The molecule has 0 radical (unpaired) electrons. The number of nitrogens with one attached hydrogen (secondary N) is 1. The maximum atomic E-state index is 12.9. The number of rotatable bonds is 6. The Balaban J connectivity index is 1.74. The Morgan fingerprint density at radius 1 is 1.00 bits per heavy atom. The molecule has 3 aromatic carbocycles. The van der Waals surface area contributed by atoms with Gasteiger partial charge < -0.3 is 4.74 Å². The predicted octanol–water partition coefficient (Wildman–Crippen LogP) is 5.60. The summed E-state index contributed by atoms with van der Waals surface area (Å²) < 4.78 is 5.75. The number of benzene rings is 3. The number of carbonyl (C=O) groups is 2. The number of hydrogen-bond acceptors (Lipinski definition) is 5. The van der Waals surface area contributed by atoms with Crippen LogP contribution in [0.1, 0.15) is 11.1 Å². The highest BCUT2D eigenvalue weighted by Crippen LogP contribution is 2.37. The van der Waals surface area contributed by atoms with Crippen molar-refractivity contribution in [1.82, 2.24) is 5.43 Å². The average Bonchev–Trinajstić information content (AvgIpc) is 3.08. The number of nitro benzene ring substituents is 1. The molecule has 1 saturated heterocycles. The SMILES string of the molecule is O=C1NN(c2ccccc2)C(=O)/C1=C\c1cc(Cl)cc([N+](=O)[O-])c1OCc1ccc(Cl)cc1Cl. The Kier molecular flexibility index (Phi) is 6.74. The number of amides is 2. The summed E-state index contributed by atoms with van der Waals surface area (Å²) in [6, 6.07) is 15.7. The molecule has 0 aromatic heterocycles. The molecule has 1 aliphatic heterocycles. The molecule has 2 amide bonds. The maximum absolute atomic E-state index is 12.9. The van der Waals surface area contributed by atoms with Gasteiger partial charge in [0.15, 0.2) is 0 Å². The Morgan fingerprint density at radius 2 is 1.74 bits per heavy atom. The van der Waals surface area contributed by atoms with E-state index in [0.717, 1.165) is 11.1 Å². The highest BCUT2D eigenvalue weighted by Gasteiger charge is 2.35. The number of nitrogens with zero attached hydrogens (tertiary/aromatic N) is 2. The van der Waals surface area contributed by atoms with Crippen molar-refractivity contribution in [3.8, 4) is 5.75 Å². The molecule has 1 heterocycles. The molecule has 0 atom stereocenters. The van der Waals surface area contributed by atoms with Gasteiger partial charge in [-0.25, -0.2) is 5.01 Å². The summed E-state index contributed by atoms with van der Waals surface area (Å²) in [6.07, 6.45) is 1.21. The number of hydrogen-bond donors (Lipinski definition) is 1. The zero-order valence-electron chi connectivity index (χ0n) is 17.1. The first-order valence-corrected chi connectivity index (χ1v) is 10.8. The van der Waals surface area contributed by atoms with E-state index in [2.05, 4.69) is 5.43 Å². The number of anilines is 1. The van der Waals surface area contributed by atoms with Crippen LogP contribution < -0.4 is 15.2 Å². The van der Waals surface area contributed by atoms with Crippen LogP contribution in [0.5, 0.6) is 5.75 Å². The average molecular weight is 519 g/mol. The van der Waals surface area contributed by atoms with Crippen LogP contribution in [-0.4, -0.2) is 16.7 Å². The first kappa shape index (κ1) is 23.6. The Bertz CT molecular complexity index is 1350. The standard InChI is InChI=1S/C23H14Cl3N3O5/c24-15-7-6-13(19(26)10-15)12-34-21-14(8-16(25)11-20(21)29(32)33)9-18-22(30)27-28(23(18)31)17-4-2-1-3-5-17/h1-11H,12H2,(H,27,30)/b18-9-. The van der Waals surface area contributed by atoms with Crippen LogP contribution in [0.25, 0.3) is 6.08 Å². The lowest BCUT2D eigenvalue weighted by Crippen LogP contribution is -2.35. The van der Waals surface area contributed by atoms with E-state index >= 15 is 0 Å². The summed E-state index contributed by atoms with van der Waals surface area (Å²) in [7, 11) is 0. The molecule has 0 bridgehead atoms. The van der Waals surface area contributed by atoms with Crippen LogP contribution in [0, 0.1) is 10.1 Å². The van der Waals surface area contributed by atoms with Gasteiger partial charge in [-0.15, -0.1) is 0 Å². The monoisotopic (exact) mass is 517 g/mol. The molecule has 1 fully saturated rings. The number of hydrazine groups is 1. The van der Waals surface area contributed by atoms with Crippen molar-refractivity contribution in [2.45, 2.75) is 6.61 Å². The fourth-order valence-electron chi connectivity index (χ4n) is 3.26. The van der Waals surface area contributed by atoms with E-state index in [4.69, 9.17) is 39.5 Å². The number of halogens is 3. The van der Waals surface area contributed by atoms with Crippen LogP contribution in [0.3, 0.4) is 0 Å². The lowest BCUT2D eigenvalue weighted by atomic mass is 10.1. The van der Waals surface area contributed by atoms with Crippen molar-refractivity contribution in [2.75, 3.05) is 5.01 Å². The van der Waals surface area contributed by atoms with Crippen LogP contribution in [0.4, 0.5) is 11.4 Å². The number of para-hydroxylation sites is 1. The van der Waals surface area contributed by atoms with E-state index in [1.165, 1.54) is 18.2 Å². The first-order chi connectivity index (χ1) is 16.2. The predicted molar refractivity (Wildman–Crippen MR) is 129 cm³/mol. The third-order valence-corrected chi connectivity index (χ3v) is 5.66. The Labute approximate surface area is 208 Å². The summed E-state index contributed by atoms with van der Waals surface area (Å²) in [6.45, 7) is -0.134. The molecular formula is C23H14Cl3N3O5. The van der Waals surface area contributed by atoms with Gasteiger partial charge in [-0.05, 0) is 36.4 Å². The van der Waals surface area contributed by atoms with Crippen LogP contribution in [0.15, 0.2) is 66.2 Å². The number of nitro groups is 1. The van der Waals surface area contributed by atoms with Gasteiger partial charge in [-0.3, -0.25) is 25.1 Å². The molecule has 1 N–H and O–H groups in total. The van der Waals surface area contributed by atoms with Crippen molar-refractivity contribution in [3.05, 3.63) is 103 Å². The second-order valence-corrected chi connectivity index (χ2v) is 8.38. The van der Waals surface area contributed by atoms with Crippen molar-refractivity contribution in [3.63, 3.8) is 0 Å². The van der Waals surface area contributed by atoms with E-state index in [1.54, 1.807) is 42.5 Å². The molecule has 0 unspecified atom stereocenters. The topological polar surface area (TPSA) is 102 Å². The zero-order chi connectivity index (χ0) is 24.4. The van der Waals surface area contributed by atoms with E-state index in [9.17, 15) is 19.7 Å². The molecule has 3 aromatic rings. The van der Waals surface area contributed by atoms with Gasteiger partial charge in [0.05, 0.1) is 10.6 Å². The highest BCUT2D eigenvalue weighted by atomic mass is 35.5. The zero-order valence-corrected chi connectivity index (χ0v) is 19.4. The van der Waals surface area contributed by atoms with Crippen LogP contribution in [-0.2, 0) is 16.2 Å². The number of ether oxygens (including phenoxy) is 1. The second-order valence-electron chi connectivity index (χ2n) is 7.10. The fraction of sp³-hybridized carbons (Fsp3) is 0.0435. The van der Waals surface area contributed by atoms with Crippen molar-refractivity contribution < 1.29 is 19.2 Å². The molecule has 0 saturated carbocycles. The minimum atomic E-state index is -0.678. The molecular weight excluding hydrogens is 505 g/mol. The molecule has 8 nitrogen and oxygen atoms in total. The third-order valence-electron chi connectivity index (χ3n) is 4.85. The minimum absolute atomic E-state index is 0.0289. The largest absolute Gasteiger partial charge is 0.481 e. The molecule has 1 aliphatic rings. The molecule has 34 heavy (non-hydrogen) atoms. The second kappa shape index (κ2) is 9.72. The van der Waals surface area contributed by atoms with Gasteiger partial charge in [0.1, 0.15) is 12.2 Å². The van der Waals surface area contributed by atoms with Crippen LogP contribution in [0.2, 0.25) is 15.1 Å². The molecule has 11 heteroatoms. The van der Waals surface area contributed by atoms with Gasteiger partial charge in [0, 0.05) is 32.3 Å². The summed E-state index contributed by atoms with van der Waals surface area (Å²) in [5.41, 5.74) is 2.86.